The normalized spacial score (nSPS) is 10.8. The number of nitro groups is 1. The number of carboxylic acid groups (broad SMARTS) is 1. The average molecular weight is 428 g/mol. The second-order valence-electron chi connectivity index (χ2n) is 6.06. The van der Waals surface area contributed by atoms with Crippen LogP contribution in [0.15, 0.2) is 64.1 Å². The van der Waals surface area contributed by atoms with Crippen molar-refractivity contribution in [1.29, 1.82) is 0 Å². The molecule has 2 aromatic carbocycles. The molecule has 0 spiro atoms. The fourth-order valence-corrected chi connectivity index (χ4v) is 2.90. The third-order valence-electron chi connectivity index (χ3n) is 4.03. The Balaban J connectivity index is 1.64. The molecule has 30 heavy (non-hydrogen) atoms. The van der Waals surface area contributed by atoms with E-state index in [2.05, 4.69) is 10.5 Å². The van der Waals surface area contributed by atoms with E-state index in [4.69, 9.17) is 21.1 Å². The number of hydrazone groups is 1. The summed E-state index contributed by atoms with van der Waals surface area (Å²) in [6, 6.07) is 13.6. The maximum Gasteiger partial charge on any atom is 0.337 e. The standard InChI is InChI=1S/C20H14ClN3O6/c21-16-9-13(5-7-15(16)20(26)27)18-8-6-14(30-18)11-22-23-19(25)10-12-3-1-2-4-17(12)24(28)29/h1-9,11H,10H2,(H,23,25)(H,26,27). The Morgan fingerprint density at radius 3 is 2.67 bits per heavy atom. The van der Waals surface area contributed by atoms with E-state index in [-0.39, 0.29) is 28.3 Å². The number of carbonyl (C=O) groups excluding carboxylic acids is 1. The lowest BCUT2D eigenvalue weighted by Gasteiger charge is -2.02. The first-order valence-corrected chi connectivity index (χ1v) is 8.90. The molecule has 3 rings (SSSR count). The number of para-hydroxylation sites is 1. The monoisotopic (exact) mass is 427 g/mol. The van der Waals surface area contributed by atoms with E-state index >= 15 is 0 Å². The quantitative estimate of drug-likeness (QED) is 0.333. The van der Waals surface area contributed by atoms with Crippen LogP contribution in [0.1, 0.15) is 21.7 Å². The number of halogens is 1. The zero-order valence-corrected chi connectivity index (χ0v) is 16.0. The largest absolute Gasteiger partial charge is 0.478 e. The van der Waals surface area contributed by atoms with Crippen molar-refractivity contribution >= 4 is 35.4 Å². The minimum absolute atomic E-state index is 0.0184. The van der Waals surface area contributed by atoms with E-state index in [9.17, 15) is 19.7 Å². The molecule has 10 heteroatoms. The van der Waals surface area contributed by atoms with Crippen LogP contribution in [0.3, 0.4) is 0 Å². The Morgan fingerprint density at radius 2 is 1.97 bits per heavy atom. The van der Waals surface area contributed by atoms with Crippen molar-refractivity contribution in [2.75, 3.05) is 0 Å². The molecule has 0 bridgehead atoms. The minimum Gasteiger partial charge on any atom is -0.478 e. The summed E-state index contributed by atoms with van der Waals surface area (Å²) >= 11 is 5.96. The molecule has 1 aromatic heterocycles. The number of hydrogen-bond acceptors (Lipinski definition) is 6. The van der Waals surface area contributed by atoms with Gasteiger partial charge in [0.25, 0.3) is 5.69 Å². The predicted molar refractivity (Wildman–Crippen MR) is 109 cm³/mol. The van der Waals surface area contributed by atoms with Crippen LogP contribution in [0, 0.1) is 10.1 Å². The third kappa shape index (κ3) is 4.89. The number of nitro benzene ring substituents is 1. The molecule has 0 saturated carbocycles. The zero-order chi connectivity index (χ0) is 21.7. The van der Waals surface area contributed by atoms with Crippen LogP contribution in [0.5, 0.6) is 0 Å². The van der Waals surface area contributed by atoms with Crippen LogP contribution in [-0.2, 0) is 11.2 Å². The highest BCUT2D eigenvalue weighted by atomic mass is 35.5. The molecule has 0 aliphatic carbocycles. The van der Waals surface area contributed by atoms with Gasteiger partial charge >= 0.3 is 5.97 Å². The molecule has 0 atom stereocenters. The highest BCUT2D eigenvalue weighted by Gasteiger charge is 2.15. The van der Waals surface area contributed by atoms with Crippen molar-refractivity contribution < 1.29 is 24.0 Å². The maximum atomic E-state index is 12.0. The molecule has 1 amide bonds. The Kier molecular flexibility index (Phi) is 6.23. The number of hydrogen-bond donors (Lipinski definition) is 2. The average Bonchev–Trinajstić information content (AvgIpc) is 3.16. The molecule has 9 nitrogen and oxygen atoms in total. The highest BCUT2D eigenvalue weighted by molar-refractivity contribution is 6.33. The number of furan rings is 1. The van der Waals surface area contributed by atoms with Crippen LogP contribution in [0.2, 0.25) is 5.02 Å². The number of carbonyl (C=O) groups is 2. The summed E-state index contributed by atoms with van der Waals surface area (Å²) in [4.78, 5) is 33.4. The number of amides is 1. The van der Waals surface area contributed by atoms with Crippen LogP contribution >= 0.6 is 11.6 Å². The summed E-state index contributed by atoms with van der Waals surface area (Å²) in [5.41, 5.74) is 2.98. The summed E-state index contributed by atoms with van der Waals surface area (Å²) in [5, 5.41) is 23.9. The van der Waals surface area contributed by atoms with E-state index < -0.39 is 16.8 Å². The number of benzene rings is 2. The van der Waals surface area contributed by atoms with Gasteiger partial charge in [0.2, 0.25) is 5.91 Å². The maximum absolute atomic E-state index is 12.0. The predicted octanol–water partition coefficient (Wildman–Crippen LogP) is 3.90. The Bertz CT molecular complexity index is 1150. The smallest absolute Gasteiger partial charge is 0.337 e. The van der Waals surface area contributed by atoms with Crippen molar-refractivity contribution in [2.45, 2.75) is 6.42 Å². The molecule has 0 unspecified atom stereocenters. The second-order valence-corrected chi connectivity index (χ2v) is 6.46. The van der Waals surface area contributed by atoms with Gasteiger partial charge in [0.1, 0.15) is 11.5 Å². The molecule has 2 N–H and O–H groups in total. The van der Waals surface area contributed by atoms with Crippen LogP contribution in [0.25, 0.3) is 11.3 Å². The minimum atomic E-state index is -1.13. The van der Waals surface area contributed by atoms with E-state index in [1.165, 1.54) is 36.5 Å². The van der Waals surface area contributed by atoms with E-state index in [1.807, 2.05) is 0 Å². The molecule has 0 radical (unpaired) electrons. The first kappa shape index (κ1) is 20.7. The summed E-state index contributed by atoms with van der Waals surface area (Å²) < 4.78 is 5.58. The molecule has 1 heterocycles. The topological polar surface area (TPSA) is 135 Å². The molecular weight excluding hydrogens is 414 g/mol. The Morgan fingerprint density at radius 1 is 1.20 bits per heavy atom. The zero-order valence-electron chi connectivity index (χ0n) is 15.2. The summed E-state index contributed by atoms with van der Waals surface area (Å²) in [7, 11) is 0. The molecule has 3 aromatic rings. The molecular formula is C20H14ClN3O6. The first-order chi connectivity index (χ1) is 14.3. The highest BCUT2D eigenvalue weighted by Crippen LogP contribution is 2.27. The van der Waals surface area contributed by atoms with Gasteiger partial charge in [-0.25, -0.2) is 10.2 Å². The van der Waals surface area contributed by atoms with Crippen molar-refractivity contribution in [1.82, 2.24) is 5.43 Å². The summed E-state index contributed by atoms with van der Waals surface area (Å²) in [6.07, 6.45) is 1.07. The third-order valence-corrected chi connectivity index (χ3v) is 4.34. The van der Waals surface area contributed by atoms with Gasteiger partial charge in [-0.15, -0.1) is 0 Å². The Labute approximate surface area is 174 Å². The molecule has 0 fully saturated rings. The summed E-state index contributed by atoms with van der Waals surface area (Å²) in [5.74, 6) is -0.894. The SMILES string of the molecule is O=C(Cc1ccccc1[N+](=O)[O-])NN=Cc1ccc(-c2ccc(C(=O)O)c(Cl)c2)o1. The van der Waals surface area contributed by atoms with Crippen LogP contribution < -0.4 is 5.43 Å². The van der Waals surface area contributed by atoms with Gasteiger partial charge in [-0.2, -0.15) is 5.10 Å². The number of rotatable bonds is 7. The van der Waals surface area contributed by atoms with Gasteiger partial charge in [-0.1, -0.05) is 35.9 Å². The van der Waals surface area contributed by atoms with Gasteiger partial charge in [-0.05, 0) is 24.3 Å². The lowest BCUT2D eigenvalue weighted by Crippen LogP contribution is -2.20. The number of nitrogens with zero attached hydrogens (tertiary/aromatic N) is 2. The lowest BCUT2D eigenvalue weighted by molar-refractivity contribution is -0.385. The number of nitrogens with one attached hydrogen (secondary N) is 1. The van der Waals surface area contributed by atoms with E-state index in [1.54, 1.807) is 24.3 Å². The van der Waals surface area contributed by atoms with Gasteiger partial charge < -0.3 is 9.52 Å². The van der Waals surface area contributed by atoms with E-state index in [0.717, 1.165) is 0 Å². The number of aromatic carboxylic acids is 1. The van der Waals surface area contributed by atoms with Crippen molar-refractivity contribution in [3.05, 3.63) is 86.6 Å². The fourth-order valence-electron chi connectivity index (χ4n) is 2.64. The van der Waals surface area contributed by atoms with Gasteiger partial charge in [-0.3, -0.25) is 14.9 Å². The summed E-state index contributed by atoms with van der Waals surface area (Å²) in [6.45, 7) is 0. The molecule has 0 aliphatic rings. The Hall–Kier alpha value is -3.98. The van der Waals surface area contributed by atoms with Crippen LogP contribution in [0.4, 0.5) is 5.69 Å². The van der Waals surface area contributed by atoms with Crippen molar-refractivity contribution in [3.8, 4) is 11.3 Å². The van der Waals surface area contributed by atoms with E-state index in [0.29, 0.717) is 17.1 Å². The molecule has 0 aliphatic heterocycles. The van der Waals surface area contributed by atoms with Crippen molar-refractivity contribution in [2.24, 2.45) is 5.10 Å². The first-order valence-electron chi connectivity index (χ1n) is 8.52. The van der Waals surface area contributed by atoms with Crippen molar-refractivity contribution in [3.63, 3.8) is 0 Å². The number of carboxylic acids is 1. The second kappa shape index (κ2) is 9.01. The van der Waals surface area contributed by atoms with Gasteiger partial charge in [0.15, 0.2) is 0 Å². The lowest BCUT2D eigenvalue weighted by atomic mass is 10.1. The fraction of sp³-hybridized carbons (Fsp3) is 0.0500. The van der Waals surface area contributed by atoms with Crippen LogP contribution in [-0.4, -0.2) is 28.1 Å². The van der Waals surface area contributed by atoms with Gasteiger partial charge in [0.05, 0.1) is 28.1 Å². The molecule has 0 saturated heterocycles. The van der Waals surface area contributed by atoms with Gasteiger partial charge in [0, 0.05) is 17.2 Å². The molecule has 152 valence electrons.